The summed E-state index contributed by atoms with van der Waals surface area (Å²) in [5, 5.41) is 0. The number of piperidine rings is 1. The smallest absolute Gasteiger partial charge is 0.260 e. The van der Waals surface area contributed by atoms with E-state index >= 15 is 0 Å². The normalized spacial score (nSPS) is 14.3. The summed E-state index contributed by atoms with van der Waals surface area (Å²) < 4.78 is 14.0. The Labute approximate surface area is 206 Å². The van der Waals surface area contributed by atoms with Gasteiger partial charge in [-0.15, -0.1) is 0 Å². The van der Waals surface area contributed by atoms with Crippen LogP contribution in [0.2, 0.25) is 0 Å². The summed E-state index contributed by atoms with van der Waals surface area (Å²) in [5.74, 6) is 3.04. The van der Waals surface area contributed by atoms with E-state index in [4.69, 9.17) is 14.5 Å². The number of aromatic nitrogens is 2. The van der Waals surface area contributed by atoms with E-state index < -0.39 is 0 Å². The zero-order valence-electron chi connectivity index (χ0n) is 20.1. The minimum Gasteiger partial charge on any atom is -0.486 e. The number of ether oxygens (including phenoxy) is 2. The molecule has 1 amide bonds. The Balaban J connectivity index is 1.19. The summed E-state index contributed by atoms with van der Waals surface area (Å²) in [6.07, 6.45) is 1.92. The first-order valence-electron chi connectivity index (χ1n) is 12.2. The van der Waals surface area contributed by atoms with E-state index in [0.717, 1.165) is 66.4 Å². The third-order valence-electron chi connectivity index (χ3n) is 6.60. The maximum atomic E-state index is 12.7. The van der Waals surface area contributed by atoms with Crippen LogP contribution in [0.4, 0.5) is 0 Å². The Kier molecular flexibility index (Phi) is 6.98. The molecule has 1 aliphatic heterocycles. The van der Waals surface area contributed by atoms with Gasteiger partial charge < -0.3 is 18.9 Å². The first-order chi connectivity index (χ1) is 17.2. The molecule has 0 aliphatic carbocycles. The number of para-hydroxylation sites is 3. The first-order valence-corrected chi connectivity index (χ1v) is 12.2. The lowest BCUT2D eigenvalue weighted by molar-refractivity contribution is -0.134. The third-order valence-corrected chi connectivity index (χ3v) is 6.60. The maximum absolute atomic E-state index is 12.7. The van der Waals surface area contributed by atoms with Crippen LogP contribution in [-0.2, 0) is 17.9 Å². The fourth-order valence-corrected chi connectivity index (χ4v) is 4.67. The van der Waals surface area contributed by atoms with Crippen LogP contribution in [-0.4, -0.2) is 40.1 Å². The minimum absolute atomic E-state index is 0.0509. The molecule has 0 N–H and O–H groups in total. The lowest BCUT2D eigenvalue weighted by Gasteiger charge is -2.32. The summed E-state index contributed by atoms with van der Waals surface area (Å²) in [6.45, 7) is 4.90. The van der Waals surface area contributed by atoms with Gasteiger partial charge in [-0.2, -0.15) is 0 Å². The predicted molar refractivity (Wildman–Crippen MR) is 136 cm³/mol. The number of amides is 1. The van der Waals surface area contributed by atoms with Crippen molar-refractivity contribution in [2.24, 2.45) is 5.92 Å². The van der Waals surface area contributed by atoms with Crippen LogP contribution in [0.15, 0.2) is 78.9 Å². The highest BCUT2D eigenvalue weighted by molar-refractivity contribution is 5.78. The summed E-state index contributed by atoms with van der Waals surface area (Å²) in [6, 6.07) is 25.9. The molecular weight excluding hydrogens is 438 g/mol. The second-order valence-corrected chi connectivity index (χ2v) is 9.16. The van der Waals surface area contributed by atoms with E-state index in [1.807, 2.05) is 78.6 Å². The molecule has 2 heterocycles. The number of hydrogen-bond acceptors (Lipinski definition) is 4. The molecule has 35 heavy (non-hydrogen) atoms. The van der Waals surface area contributed by atoms with Crippen molar-refractivity contribution in [3.05, 3.63) is 90.3 Å². The molecule has 0 atom stereocenters. The second kappa shape index (κ2) is 10.6. The molecule has 6 heteroatoms. The van der Waals surface area contributed by atoms with Crippen molar-refractivity contribution in [1.29, 1.82) is 0 Å². The average Bonchev–Trinajstić information content (AvgIpc) is 3.24. The molecule has 1 aliphatic rings. The van der Waals surface area contributed by atoms with Crippen LogP contribution < -0.4 is 9.47 Å². The Morgan fingerprint density at radius 2 is 1.66 bits per heavy atom. The van der Waals surface area contributed by atoms with E-state index in [-0.39, 0.29) is 12.5 Å². The van der Waals surface area contributed by atoms with Gasteiger partial charge in [0.15, 0.2) is 6.61 Å². The van der Waals surface area contributed by atoms with Gasteiger partial charge >= 0.3 is 0 Å². The molecule has 180 valence electrons. The molecule has 6 nitrogen and oxygen atoms in total. The fraction of sp³-hybridized carbons (Fsp3) is 0.310. The van der Waals surface area contributed by atoms with Crippen molar-refractivity contribution in [1.82, 2.24) is 14.5 Å². The minimum atomic E-state index is 0.0509. The number of imidazole rings is 1. The van der Waals surface area contributed by atoms with Crippen LogP contribution in [0.3, 0.4) is 0 Å². The van der Waals surface area contributed by atoms with E-state index in [1.165, 1.54) is 0 Å². The topological polar surface area (TPSA) is 56.6 Å². The number of hydrogen-bond donors (Lipinski definition) is 0. The molecule has 0 spiro atoms. The fourth-order valence-electron chi connectivity index (χ4n) is 4.67. The van der Waals surface area contributed by atoms with Gasteiger partial charge in [0.1, 0.15) is 23.9 Å². The van der Waals surface area contributed by atoms with Crippen LogP contribution in [0.25, 0.3) is 11.0 Å². The molecule has 0 unspecified atom stereocenters. The van der Waals surface area contributed by atoms with Crippen LogP contribution in [0, 0.1) is 12.8 Å². The van der Waals surface area contributed by atoms with Gasteiger partial charge in [-0.25, -0.2) is 4.98 Å². The summed E-state index contributed by atoms with van der Waals surface area (Å²) in [5.41, 5.74) is 3.24. The van der Waals surface area contributed by atoms with E-state index in [2.05, 4.69) is 16.7 Å². The molecule has 3 aromatic carbocycles. The number of benzene rings is 3. The van der Waals surface area contributed by atoms with Gasteiger partial charge in [0.05, 0.1) is 11.0 Å². The van der Waals surface area contributed by atoms with Crippen molar-refractivity contribution in [3.8, 4) is 11.5 Å². The summed E-state index contributed by atoms with van der Waals surface area (Å²) in [4.78, 5) is 19.5. The van der Waals surface area contributed by atoms with Crippen LogP contribution >= 0.6 is 0 Å². The molecule has 4 aromatic rings. The van der Waals surface area contributed by atoms with Crippen molar-refractivity contribution in [3.63, 3.8) is 0 Å². The molecule has 5 rings (SSSR count). The van der Waals surface area contributed by atoms with Gasteiger partial charge in [0.25, 0.3) is 5.91 Å². The molecule has 1 aromatic heterocycles. The Morgan fingerprint density at radius 1 is 0.914 bits per heavy atom. The number of carbonyl (C=O) groups is 1. The van der Waals surface area contributed by atoms with Gasteiger partial charge in [-0.05, 0) is 67.6 Å². The maximum Gasteiger partial charge on any atom is 0.260 e. The van der Waals surface area contributed by atoms with Gasteiger partial charge in [0.2, 0.25) is 0 Å². The van der Waals surface area contributed by atoms with E-state index in [0.29, 0.717) is 12.5 Å². The quantitative estimate of drug-likeness (QED) is 0.354. The largest absolute Gasteiger partial charge is 0.486 e. The Hall–Kier alpha value is -3.80. The monoisotopic (exact) mass is 469 g/mol. The number of carbonyl (C=O) groups excluding carboxylic acids is 1. The Morgan fingerprint density at radius 3 is 2.46 bits per heavy atom. The van der Waals surface area contributed by atoms with Gasteiger partial charge in [0, 0.05) is 19.6 Å². The molecular formula is C29H31N3O3. The standard InChI is InChI=1S/C29H31N3O3/c1-22-8-7-11-25(18-22)35-21-29(33)31-16-14-23(15-17-31)19-32-27-13-6-5-12-26(27)30-28(32)20-34-24-9-3-2-4-10-24/h2-13,18,23H,14-17,19-21H2,1H3. The highest BCUT2D eigenvalue weighted by atomic mass is 16.5. The predicted octanol–water partition coefficient (Wildman–Crippen LogP) is 5.24. The third kappa shape index (κ3) is 5.65. The van der Waals surface area contributed by atoms with Crippen molar-refractivity contribution in [2.75, 3.05) is 19.7 Å². The van der Waals surface area contributed by atoms with E-state index in [1.54, 1.807) is 0 Å². The molecule has 1 saturated heterocycles. The summed E-state index contributed by atoms with van der Waals surface area (Å²) >= 11 is 0. The number of aryl methyl sites for hydroxylation is 1. The zero-order valence-corrected chi connectivity index (χ0v) is 20.1. The zero-order chi connectivity index (χ0) is 24.0. The first kappa shape index (κ1) is 23.0. The number of likely N-dealkylation sites (tertiary alicyclic amines) is 1. The lowest BCUT2D eigenvalue weighted by atomic mass is 9.96. The highest BCUT2D eigenvalue weighted by Gasteiger charge is 2.25. The molecule has 0 radical (unpaired) electrons. The van der Waals surface area contributed by atoms with Crippen molar-refractivity contribution >= 4 is 16.9 Å². The van der Waals surface area contributed by atoms with Crippen molar-refractivity contribution in [2.45, 2.75) is 32.9 Å². The van der Waals surface area contributed by atoms with Gasteiger partial charge in [-0.3, -0.25) is 4.79 Å². The highest BCUT2D eigenvalue weighted by Crippen LogP contribution is 2.25. The lowest BCUT2D eigenvalue weighted by Crippen LogP contribution is -2.41. The summed E-state index contributed by atoms with van der Waals surface area (Å²) in [7, 11) is 0. The Bertz CT molecular complexity index is 1280. The SMILES string of the molecule is Cc1cccc(OCC(=O)N2CCC(Cn3c(COc4ccccc4)nc4ccccc43)CC2)c1. The average molecular weight is 470 g/mol. The number of nitrogens with zero attached hydrogens (tertiary/aromatic N) is 3. The second-order valence-electron chi connectivity index (χ2n) is 9.16. The van der Waals surface area contributed by atoms with Crippen LogP contribution in [0.5, 0.6) is 11.5 Å². The number of fused-ring (bicyclic) bond motifs is 1. The van der Waals surface area contributed by atoms with E-state index in [9.17, 15) is 4.79 Å². The van der Waals surface area contributed by atoms with Crippen molar-refractivity contribution < 1.29 is 14.3 Å². The molecule has 0 bridgehead atoms. The van der Waals surface area contributed by atoms with Crippen LogP contribution in [0.1, 0.15) is 24.2 Å². The molecule has 1 fully saturated rings. The number of rotatable bonds is 8. The molecule has 0 saturated carbocycles. The van der Waals surface area contributed by atoms with Gasteiger partial charge in [-0.1, -0.05) is 42.5 Å².